The molecule has 2 aromatic rings. The van der Waals surface area contributed by atoms with Crippen molar-refractivity contribution in [3.05, 3.63) is 58.9 Å². The molecule has 1 heterocycles. The summed E-state index contributed by atoms with van der Waals surface area (Å²) >= 11 is 0. The lowest BCUT2D eigenvalue weighted by Gasteiger charge is -2.26. The fourth-order valence-electron chi connectivity index (χ4n) is 2.69. The van der Waals surface area contributed by atoms with E-state index in [2.05, 4.69) is 5.32 Å². The molecule has 1 aliphatic heterocycles. The number of nitrogens with one attached hydrogen (secondary N) is 1. The number of carbonyl (C=O) groups is 1. The minimum atomic E-state index is -1.72. The molecule has 3 rings (SSSR count). The lowest BCUT2D eigenvalue weighted by molar-refractivity contribution is 0.0942. The van der Waals surface area contributed by atoms with E-state index in [1.54, 1.807) is 0 Å². The normalized spacial score (nSPS) is 16.2. The van der Waals surface area contributed by atoms with Crippen molar-refractivity contribution in [3.63, 3.8) is 0 Å². The molecule has 0 radical (unpaired) electrons. The summed E-state index contributed by atoms with van der Waals surface area (Å²) in [6.07, 6.45) is 0.656. The molecule has 4 nitrogen and oxygen atoms in total. The molecule has 0 aliphatic carbocycles. The molecule has 24 heavy (non-hydrogen) atoms. The summed E-state index contributed by atoms with van der Waals surface area (Å²) in [6.45, 7) is 0.663. The zero-order chi connectivity index (χ0) is 17.3. The van der Waals surface area contributed by atoms with Crippen molar-refractivity contribution >= 4 is 5.91 Å². The second-order valence-electron chi connectivity index (χ2n) is 5.46. The molecule has 126 valence electrons. The first-order chi connectivity index (χ1) is 11.5. The third-order valence-electron chi connectivity index (χ3n) is 3.97. The maximum absolute atomic E-state index is 13.8. The summed E-state index contributed by atoms with van der Waals surface area (Å²) < 4.78 is 45.6. The molecule has 2 aromatic carbocycles. The number of phenolic OH excluding ortho intramolecular Hbond substituents is 1. The van der Waals surface area contributed by atoms with Crippen LogP contribution in [0.3, 0.4) is 0 Å². The van der Waals surface area contributed by atoms with Crippen molar-refractivity contribution in [1.82, 2.24) is 5.32 Å². The van der Waals surface area contributed by atoms with Gasteiger partial charge in [-0.15, -0.1) is 0 Å². The number of ether oxygens (including phenoxy) is 1. The van der Waals surface area contributed by atoms with Gasteiger partial charge < -0.3 is 15.2 Å². The molecule has 0 fully saturated rings. The van der Waals surface area contributed by atoms with Gasteiger partial charge in [0.15, 0.2) is 17.4 Å². The van der Waals surface area contributed by atoms with Crippen molar-refractivity contribution in [3.8, 4) is 11.5 Å². The van der Waals surface area contributed by atoms with Crippen LogP contribution < -0.4 is 10.1 Å². The first-order valence-electron chi connectivity index (χ1n) is 7.35. The van der Waals surface area contributed by atoms with Gasteiger partial charge in [-0.2, -0.15) is 4.39 Å². The minimum Gasteiger partial charge on any atom is -0.503 e. The fraction of sp³-hybridized carbons (Fsp3) is 0.235. The Bertz CT molecular complexity index is 795. The number of amides is 1. The molecule has 0 saturated carbocycles. The monoisotopic (exact) mass is 337 g/mol. The van der Waals surface area contributed by atoms with Crippen LogP contribution in [0, 0.1) is 17.5 Å². The molecule has 0 aromatic heterocycles. The van der Waals surface area contributed by atoms with E-state index in [0.29, 0.717) is 19.1 Å². The van der Waals surface area contributed by atoms with Gasteiger partial charge in [0.25, 0.3) is 5.91 Å². The first kappa shape index (κ1) is 16.2. The maximum Gasteiger partial charge on any atom is 0.254 e. The Hall–Kier alpha value is -2.70. The first-order valence-corrected chi connectivity index (χ1v) is 7.35. The average molecular weight is 337 g/mol. The van der Waals surface area contributed by atoms with E-state index in [0.717, 1.165) is 11.3 Å². The van der Waals surface area contributed by atoms with Crippen LogP contribution in [0.5, 0.6) is 11.5 Å². The van der Waals surface area contributed by atoms with Crippen LogP contribution in [0.2, 0.25) is 0 Å². The quantitative estimate of drug-likeness (QED) is 0.846. The predicted octanol–water partition coefficient (Wildman–Crippen LogP) is 3.11. The number of hydrogen-bond acceptors (Lipinski definition) is 3. The van der Waals surface area contributed by atoms with Gasteiger partial charge in [-0.3, -0.25) is 4.79 Å². The summed E-state index contributed by atoms with van der Waals surface area (Å²) in [4.78, 5) is 12.1. The van der Waals surface area contributed by atoms with E-state index in [9.17, 15) is 23.1 Å². The number of fused-ring (bicyclic) bond motifs is 1. The Morgan fingerprint density at radius 2 is 2.00 bits per heavy atom. The highest BCUT2D eigenvalue weighted by molar-refractivity contribution is 5.95. The number of rotatable bonds is 3. The fourth-order valence-corrected chi connectivity index (χ4v) is 2.69. The largest absolute Gasteiger partial charge is 0.503 e. The molecule has 1 amide bonds. The number of carbonyl (C=O) groups excluding carboxylic acids is 1. The van der Waals surface area contributed by atoms with Gasteiger partial charge in [0.1, 0.15) is 5.75 Å². The van der Waals surface area contributed by atoms with Crippen LogP contribution in [0.15, 0.2) is 30.3 Å². The second-order valence-corrected chi connectivity index (χ2v) is 5.46. The number of phenols is 1. The Labute approximate surface area is 135 Å². The lowest BCUT2D eigenvalue weighted by Crippen LogP contribution is -2.31. The van der Waals surface area contributed by atoms with Gasteiger partial charge in [-0.1, -0.05) is 18.2 Å². The van der Waals surface area contributed by atoms with Crippen LogP contribution >= 0.6 is 0 Å². The summed E-state index contributed by atoms with van der Waals surface area (Å²) in [5.74, 6) is -6.45. The maximum atomic E-state index is 13.8. The Balaban J connectivity index is 1.76. The van der Waals surface area contributed by atoms with Crippen molar-refractivity contribution < 1.29 is 27.8 Å². The molecule has 0 unspecified atom stereocenters. The Morgan fingerprint density at radius 1 is 1.25 bits per heavy atom. The average Bonchev–Trinajstić information content (AvgIpc) is 2.60. The smallest absolute Gasteiger partial charge is 0.254 e. The van der Waals surface area contributed by atoms with Gasteiger partial charge in [0.2, 0.25) is 5.82 Å². The highest BCUT2D eigenvalue weighted by atomic mass is 19.2. The molecule has 0 bridgehead atoms. The van der Waals surface area contributed by atoms with E-state index in [1.807, 2.05) is 24.3 Å². The van der Waals surface area contributed by atoms with Gasteiger partial charge in [-0.05, 0) is 24.1 Å². The summed E-state index contributed by atoms with van der Waals surface area (Å²) in [7, 11) is 0. The molecule has 0 spiro atoms. The molecular weight excluding hydrogens is 323 g/mol. The SMILES string of the molecule is O=C(NC[C@@H]1CCOc2ccccc21)c1cc(F)c(F)c(O)c1F. The van der Waals surface area contributed by atoms with Crippen molar-refractivity contribution in [2.45, 2.75) is 12.3 Å². The van der Waals surface area contributed by atoms with Crippen molar-refractivity contribution in [2.75, 3.05) is 13.2 Å². The van der Waals surface area contributed by atoms with Crippen molar-refractivity contribution in [1.29, 1.82) is 0 Å². The zero-order valence-electron chi connectivity index (χ0n) is 12.5. The van der Waals surface area contributed by atoms with Gasteiger partial charge in [0, 0.05) is 12.5 Å². The van der Waals surface area contributed by atoms with E-state index in [1.165, 1.54) is 0 Å². The van der Waals surface area contributed by atoms with Crippen LogP contribution in [-0.4, -0.2) is 24.2 Å². The molecular formula is C17H14F3NO3. The molecule has 2 N–H and O–H groups in total. The van der Waals surface area contributed by atoms with Gasteiger partial charge in [-0.25, -0.2) is 8.78 Å². The Kier molecular flexibility index (Phi) is 4.33. The third kappa shape index (κ3) is 2.89. The Morgan fingerprint density at radius 3 is 2.79 bits per heavy atom. The highest BCUT2D eigenvalue weighted by Gasteiger charge is 2.25. The van der Waals surface area contributed by atoms with Crippen LogP contribution in [0.25, 0.3) is 0 Å². The lowest BCUT2D eigenvalue weighted by atomic mass is 9.93. The van der Waals surface area contributed by atoms with E-state index in [4.69, 9.17) is 4.74 Å². The number of halogens is 3. The third-order valence-corrected chi connectivity index (χ3v) is 3.97. The highest BCUT2D eigenvalue weighted by Crippen LogP contribution is 2.33. The molecule has 1 aliphatic rings. The van der Waals surface area contributed by atoms with Crippen LogP contribution in [-0.2, 0) is 0 Å². The summed E-state index contributed by atoms with van der Waals surface area (Å²) in [6, 6.07) is 7.79. The molecule has 0 saturated heterocycles. The topological polar surface area (TPSA) is 58.6 Å². The minimum absolute atomic E-state index is 0.0409. The standard InChI is InChI=1S/C17H14F3NO3/c18-12-7-11(14(19)16(22)15(12)20)17(23)21-8-9-5-6-24-13-4-2-1-3-10(9)13/h1-4,7,9,22H,5-6,8H2,(H,21,23)/t9-/m0/s1. The molecule has 7 heteroatoms. The van der Waals surface area contributed by atoms with Crippen LogP contribution in [0.4, 0.5) is 13.2 Å². The van der Waals surface area contributed by atoms with E-state index >= 15 is 0 Å². The predicted molar refractivity (Wildman–Crippen MR) is 79.6 cm³/mol. The number of aromatic hydroxyl groups is 1. The summed E-state index contributed by atoms with van der Waals surface area (Å²) in [5, 5.41) is 11.7. The molecule has 1 atom stereocenters. The number of para-hydroxylation sites is 1. The van der Waals surface area contributed by atoms with Crippen LogP contribution in [0.1, 0.15) is 28.3 Å². The zero-order valence-corrected chi connectivity index (χ0v) is 12.5. The van der Waals surface area contributed by atoms with Gasteiger partial charge >= 0.3 is 0 Å². The summed E-state index contributed by atoms with van der Waals surface area (Å²) in [5.41, 5.74) is 0.171. The van der Waals surface area contributed by atoms with Gasteiger partial charge in [0.05, 0.1) is 12.2 Å². The number of hydrogen-bond donors (Lipinski definition) is 2. The van der Waals surface area contributed by atoms with E-state index < -0.39 is 34.7 Å². The second kappa shape index (κ2) is 6.43. The van der Waals surface area contributed by atoms with E-state index in [-0.39, 0.29) is 12.5 Å². The van der Waals surface area contributed by atoms with Crippen molar-refractivity contribution in [2.24, 2.45) is 0 Å². The number of benzene rings is 2.